The fourth-order valence-corrected chi connectivity index (χ4v) is 7.67. The molecule has 8 nitrogen and oxygen atoms in total. The molecule has 2 aliphatic heterocycles. The Morgan fingerprint density at radius 2 is 1.40 bits per heavy atom. The number of hydrogen-bond acceptors (Lipinski definition) is 6. The first kappa shape index (κ1) is 25.5. The second kappa shape index (κ2) is 8.79. The molecule has 2 heterocycles. The highest BCUT2D eigenvalue weighted by Gasteiger charge is 2.50. The summed E-state index contributed by atoms with van der Waals surface area (Å²) >= 11 is 0. The normalized spacial score (nSPS) is 19.3. The van der Waals surface area contributed by atoms with Crippen molar-refractivity contribution in [3.63, 3.8) is 0 Å². The fraction of sp³-hybridized carbons (Fsp3) is 0.409. The molecule has 2 aromatic rings. The highest BCUT2D eigenvalue weighted by molar-refractivity contribution is 7.93. The van der Waals surface area contributed by atoms with Crippen LogP contribution in [0.25, 0.3) is 0 Å². The maximum absolute atomic E-state index is 13.3. The third-order valence-corrected chi connectivity index (χ3v) is 9.68. The molecular weight excluding hydrogens is 509 g/mol. The largest absolute Gasteiger partial charge is 0.573 e. The average molecular weight is 533 g/mol. The number of sulfonamides is 1. The lowest BCUT2D eigenvalue weighted by atomic mass is 9.77. The van der Waals surface area contributed by atoms with Gasteiger partial charge in [0.05, 0.1) is 10.3 Å². The number of sulfone groups is 1. The predicted molar refractivity (Wildman–Crippen MR) is 120 cm³/mol. The van der Waals surface area contributed by atoms with Crippen molar-refractivity contribution in [2.75, 3.05) is 30.8 Å². The molecule has 0 N–H and O–H groups in total. The molecule has 1 amide bonds. The van der Waals surface area contributed by atoms with Crippen molar-refractivity contribution in [1.29, 1.82) is 0 Å². The number of ether oxygens (including phenoxy) is 1. The summed E-state index contributed by atoms with van der Waals surface area (Å²) in [7, 11) is -7.88. The quantitative estimate of drug-likeness (QED) is 0.586. The van der Waals surface area contributed by atoms with E-state index in [-0.39, 0.29) is 41.6 Å². The zero-order chi connectivity index (χ0) is 25.6. The number of alkyl halides is 3. The molecule has 2 fully saturated rings. The zero-order valence-electron chi connectivity index (χ0n) is 18.7. The Bertz CT molecular complexity index is 1330. The van der Waals surface area contributed by atoms with Gasteiger partial charge in [-0.05, 0) is 55.7 Å². The number of anilines is 1. The Hall–Kier alpha value is -2.64. The Labute approximate surface area is 201 Å². The molecule has 0 unspecified atom stereocenters. The molecule has 0 aromatic heterocycles. The Morgan fingerprint density at radius 1 is 0.857 bits per heavy atom. The zero-order valence-corrected chi connectivity index (χ0v) is 20.3. The molecule has 2 saturated heterocycles. The summed E-state index contributed by atoms with van der Waals surface area (Å²) in [6, 6.07) is 10.4. The van der Waals surface area contributed by atoms with Gasteiger partial charge < -0.3 is 9.64 Å². The molecule has 2 aromatic carbocycles. The van der Waals surface area contributed by atoms with Gasteiger partial charge in [-0.1, -0.05) is 12.1 Å². The number of nitrogens with zero attached hydrogens (tertiary/aromatic N) is 2. The lowest BCUT2D eigenvalue weighted by Gasteiger charge is -2.37. The molecule has 0 aliphatic carbocycles. The van der Waals surface area contributed by atoms with E-state index in [1.807, 2.05) is 0 Å². The third-order valence-electron chi connectivity index (χ3n) is 6.44. The van der Waals surface area contributed by atoms with Crippen LogP contribution in [0.1, 0.15) is 19.3 Å². The smallest absolute Gasteiger partial charge is 0.406 e. The SMILES string of the molecule is CS(=O)(=O)c1ccccc1S(=O)(=O)N1CCC2(CCN(c3ccc(OC(F)(F)F)cc3)C2=O)CC1. The van der Waals surface area contributed by atoms with Crippen LogP contribution in [0, 0.1) is 5.41 Å². The lowest BCUT2D eigenvalue weighted by molar-refractivity contribution is -0.274. The van der Waals surface area contributed by atoms with Crippen molar-refractivity contribution in [3.05, 3.63) is 48.5 Å². The molecule has 190 valence electrons. The van der Waals surface area contributed by atoms with Gasteiger partial charge in [-0.25, -0.2) is 16.8 Å². The summed E-state index contributed by atoms with van der Waals surface area (Å²) in [5, 5.41) is 0. The monoisotopic (exact) mass is 532 g/mol. The number of halogens is 3. The van der Waals surface area contributed by atoms with Crippen LogP contribution in [-0.2, 0) is 24.7 Å². The minimum Gasteiger partial charge on any atom is -0.406 e. The van der Waals surface area contributed by atoms with Gasteiger partial charge in [0.15, 0.2) is 9.84 Å². The summed E-state index contributed by atoms with van der Waals surface area (Å²) < 4.78 is 92.9. The molecule has 0 atom stereocenters. The highest BCUT2D eigenvalue weighted by atomic mass is 32.2. The summed E-state index contributed by atoms with van der Waals surface area (Å²) in [6.07, 6.45) is -2.90. The number of benzene rings is 2. The van der Waals surface area contributed by atoms with Gasteiger partial charge in [0.25, 0.3) is 0 Å². The van der Waals surface area contributed by atoms with Crippen molar-refractivity contribution < 1.29 is 39.5 Å². The summed E-state index contributed by atoms with van der Waals surface area (Å²) in [5.41, 5.74) is -0.359. The first-order valence-electron chi connectivity index (χ1n) is 10.7. The lowest BCUT2D eigenvalue weighted by Crippen LogP contribution is -2.46. The van der Waals surface area contributed by atoms with E-state index in [0.717, 1.165) is 18.4 Å². The standard InChI is InChI=1S/C22H23F3N2O6S2/c1-34(29,30)18-4-2-3-5-19(18)35(31,32)26-13-10-21(11-14-26)12-15-27(20(21)28)16-6-8-17(9-7-16)33-22(23,24)25/h2-9H,10-15H2,1H3. The Morgan fingerprint density at radius 3 is 1.94 bits per heavy atom. The second-order valence-electron chi connectivity index (χ2n) is 8.65. The number of hydrogen-bond donors (Lipinski definition) is 0. The van der Waals surface area contributed by atoms with Gasteiger partial charge in [-0.2, -0.15) is 4.31 Å². The van der Waals surface area contributed by atoms with E-state index in [0.29, 0.717) is 18.7 Å². The van der Waals surface area contributed by atoms with Gasteiger partial charge in [0, 0.05) is 31.6 Å². The van der Waals surface area contributed by atoms with E-state index in [1.165, 1.54) is 45.6 Å². The average Bonchev–Trinajstić information content (AvgIpc) is 3.08. The molecule has 4 rings (SSSR count). The topological polar surface area (TPSA) is 101 Å². The van der Waals surface area contributed by atoms with Crippen molar-refractivity contribution in [2.45, 2.75) is 35.4 Å². The van der Waals surface area contributed by atoms with E-state index in [2.05, 4.69) is 4.74 Å². The maximum Gasteiger partial charge on any atom is 0.573 e. The summed E-state index contributed by atoms with van der Waals surface area (Å²) in [5.74, 6) is -0.605. The van der Waals surface area contributed by atoms with Crippen molar-refractivity contribution in [1.82, 2.24) is 4.31 Å². The van der Waals surface area contributed by atoms with Crippen molar-refractivity contribution in [3.8, 4) is 5.75 Å². The molecule has 1 spiro atoms. The van der Waals surface area contributed by atoms with E-state index in [4.69, 9.17) is 0 Å². The van der Waals surface area contributed by atoms with Gasteiger partial charge >= 0.3 is 6.36 Å². The number of carbonyl (C=O) groups is 1. The van der Waals surface area contributed by atoms with Gasteiger partial charge in [-0.3, -0.25) is 4.79 Å². The van der Waals surface area contributed by atoms with Crippen LogP contribution in [0.15, 0.2) is 58.3 Å². The minimum atomic E-state index is -4.81. The summed E-state index contributed by atoms with van der Waals surface area (Å²) in [6.45, 7) is 0.429. The minimum absolute atomic E-state index is 0.0400. The van der Waals surface area contributed by atoms with Crippen LogP contribution in [-0.4, -0.2) is 59.3 Å². The number of rotatable bonds is 5. The first-order chi connectivity index (χ1) is 16.2. The van der Waals surface area contributed by atoms with Gasteiger partial charge in [0.2, 0.25) is 15.9 Å². The van der Waals surface area contributed by atoms with Crippen LogP contribution >= 0.6 is 0 Å². The highest BCUT2D eigenvalue weighted by Crippen LogP contribution is 2.44. The molecule has 0 radical (unpaired) electrons. The molecular formula is C22H23F3N2O6S2. The second-order valence-corrected chi connectivity index (χ2v) is 12.5. The van der Waals surface area contributed by atoms with Crippen molar-refractivity contribution >= 4 is 31.5 Å². The Balaban J connectivity index is 1.48. The van der Waals surface area contributed by atoms with E-state index in [9.17, 15) is 34.8 Å². The van der Waals surface area contributed by atoms with Crippen LogP contribution in [0.3, 0.4) is 0 Å². The molecule has 13 heteroatoms. The van der Waals surface area contributed by atoms with Crippen LogP contribution in [0.2, 0.25) is 0 Å². The maximum atomic E-state index is 13.3. The summed E-state index contributed by atoms with van der Waals surface area (Å²) in [4.78, 5) is 14.2. The number of piperidine rings is 1. The molecule has 0 bridgehead atoms. The van der Waals surface area contributed by atoms with Crippen LogP contribution in [0.4, 0.5) is 18.9 Å². The molecule has 2 aliphatic rings. The van der Waals surface area contributed by atoms with E-state index < -0.39 is 37.4 Å². The predicted octanol–water partition coefficient (Wildman–Crippen LogP) is 3.20. The third kappa shape index (κ3) is 5.02. The Kier molecular flexibility index (Phi) is 6.39. The fourth-order valence-electron chi connectivity index (χ4n) is 4.62. The van der Waals surface area contributed by atoms with Crippen LogP contribution < -0.4 is 9.64 Å². The molecule has 35 heavy (non-hydrogen) atoms. The molecule has 0 saturated carbocycles. The first-order valence-corrected chi connectivity index (χ1v) is 14.0. The van der Waals surface area contributed by atoms with E-state index in [1.54, 1.807) is 0 Å². The van der Waals surface area contributed by atoms with Crippen LogP contribution in [0.5, 0.6) is 5.75 Å². The number of amides is 1. The van der Waals surface area contributed by atoms with Crippen molar-refractivity contribution in [2.24, 2.45) is 5.41 Å². The number of carbonyl (C=O) groups excluding carboxylic acids is 1. The van der Waals surface area contributed by atoms with Gasteiger partial charge in [0.1, 0.15) is 10.6 Å². The van der Waals surface area contributed by atoms with Gasteiger partial charge in [-0.15, -0.1) is 13.2 Å². The van der Waals surface area contributed by atoms with E-state index >= 15 is 0 Å².